The molecule has 5 atom stereocenters. The maximum absolute atomic E-state index is 15.0. The van der Waals surface area contributed by atoms with E-state index in [0.29, 0.717) is 19.3 Å². The Morgan fingerprint density at radius 2 is 1.29 bits per heavy atom. The summed E-state index contributed by atoms with van der Waals surface area (Å²) in [4.78, 5) is 55.0. The summed E-state index contributed by atoms with van der Waals surface area (Å²) in [5, 5.41) is 8.83. The number of benzene rings is 2. The number of anilines is 2. The molecule has 404 valence electrons. The molecule has 6 rings (SSSR count). The van der Waals surface area contributed by atoms with Crippen LogP contribution in [0.3, 0.4) is 0 Å². The van der Waals surface area contributed by atoms with Gasteiger partial charge in [-0.2, -0.15) is 0 Å². The highest BCUT2D eigenvalue weighted by Gasteiger charge is 2.44. The van der Waals surface area contributed by atoms with Crippen molar-refractivity contribution in [1.29, 1.82) is 0 Å². The number of ether oxygens (including phenoxy) is 4. The molecule has 0 radical (unpaired) electrons. The first kappa shape index (κ1) is 57.6. The molecule has 2 fully saturated rings. The Kier molecular flexibility index (Phi) is 19.5. The molecule has 73 heavy (non-hydrogen) atoms. The van der Waals surface area contributed by atoms with E-state index < -0.39 is 91.9 Å². The van der Waals surface area contributed by atoms with Crippen molar-refractivity contribution in [1.82, 2.24) is 15.1 Å². The van der Waals surface area contributed by atoms with Crippen LogP contribution in [0.4, 0.5) is 11.4 Å². The molecule has 23 nitrogen and oxygen atoms in total. The van der Waals surface area contributed by atoms with E-state index in [9.17, 15) is 49.0 Å². The van der Waals surface area contributed by atoms with Crippen LogP contribution >= 0.6 is 28.7 Å². The van der Waals surface area contributed by atoms with Gasteiger partial charge in [0, 0.05) is 60.9 Å². The van der Waals surface area contributed by atoms with Crippen molar-refractivity contribution >= 4 is 95.5 Å². The van der Waals surface area contributed by atoms with Gasteiger partial charge >= 0.3 is 0 Å². The standard InChI is InChI=1S/C44H61N6O17PS5/c1-26-17-32-40(66-71(56)57)47-30-21-36(34(62-5)19-28(30)42(53)49(32)23-26)64-10-12-68(55,25-46-39(52)7-9-44(3,4)70-69-14-16-73(60,61)15-8-38(45)51)13-11-65-37-22-31-29(20-35(37)63-6)43(54)50-24-27(2)18-33(50)41(48-31)67-72(58)59/h19-22,32-33,40-41,47-48,71-72H,1-2,7-18,23-25H2,3-6H3,(H2,45,51)(H,46,52)/t32-,33+,40?,41?,68?. The number of fused-ring (bicyclic) bond motifs is 4. The minimum Gasteiger partial charge on any atom is -0.493 e. The van der Waals surface area contributed by atoms with Gasteiger partial charge in [-0.05, 0) is 45.2 Å². The Hall–Kier alpha value is -4.70. The molecule has 0 aromatic heterocycles. The van der Waals surface area contributed by atoms with Crippen LogP contribution in [-0.4, -0.2) is 164 Å². The Morgan fingerprint density at radius 3 is 1.73 bits per heavy atom. The number of nitrogens with zero attached hydrogens (tertiary/aromatic N) is 2. The summed E-state index contributed by atoms with van der Waals surface area (Å²) in [6, 6.07) is 4.47. The van der Waals surface area contributed by atoms with Gasteiger partial charge in [0.15, 0.2) is 45.3 Å². The Balaban J connectivity index is 1.17. The van der Waals surface area contributed by atoms with Crippen LogP contribution in [0.2, 0.25) is 0 Å². The first-order chi connectivity index (χ1) is 34.4. The van der Waals surface area contributed by atoms with E-state index in [0.717, 1.165) is 11.1 Å². The molecule has 4 heterocycles. The van der Waals surface area contributed by atoms with Crippen LogP contribution in [0.15, 0.2) is 48.6 Å². The van der Waals surface area contributed by atoms with Gasteiger partial charge in [0.25, 0.3) is 33.8 Å². The quantitative estimate of drug-likeness (QED) is 0.0246. The summed E-state index contributed by atoms with van der Waals surface area (Å²) in [6.07, 6.45) is -2.03. The first-order valence-corrected chi connectivity index (χ1v) is 31.4. The van der Waals surface area contributed by atoms with Gasteiger partial charge in [-0.3, -0.25) is 19.2 Å². The monoisotopic (exact) mass is 1140 g/mol. The molecule has 4 aliphatic heterocycles. The summed E-state index contributed by atoms with van der Waals surface area (Å²) >= 11 is 0. The Morgan fingerprint density at radius 1 is 0.808 bits per heavy atom. The van der Waals surface area contributed by atoms with E-state index >= 15 is 0 Å². The maximum atomic E-state index is 15.0. The molecule has 3 unspecified atom stereocenters. The third-order valence-electron chi connectivity index (χ3n) is 12.3. The van der Waals surface area contributed by atoms with E-state index in [4.69, 9.17) is 33.0 Å². The number of nitrogens with two attached hydrogens (primary N) is 1. The summed E-state index contributed by atoms with van der Waals surface area (Å²) in [7, 11) is -8.11. The van der Waals surface area contributed by atoms with E-state index in [2.05, 4.69) is 29.1 Å². The molecule has 0 saturated carbocycles. The number of methoxy groups -OCH3 is 2. The zero-order valence-electron chi connectivity index (χ0n) is 40.6. The van der Waals surface area contributed by atoms with Crippen molar-refractivity contribution in [3.63, 3.8) is 0 Å². The van der Waals surface area contributed by atoms with Gasteiger partial charge in [-0.15, -0.1) is 0 Å². The lowest BCUT2D eigenvalue weighted by atomic mass is 10.1. The molecule has 2 aromatic rings. The number of carbonyl (C=O) groups is 4. The van der Waals surface area contributed by atoms with Crippen molar-refractivity contribution in [3.05, 3.63) is 59.7 Å². The smallest absolute Gasteiger partial charge is 0.259 e. The maximum Gasteiger partial charge on any atom is 0.259 e. The molecule has 2 aromatic carbocycles. The molecule has 4 amide bonds. The molecule has 0 aliphatic carbocycles. The van der Waals surface area contributed by atoms with Gasteiger partial charge in [0.2, 0.25) is 11.8 Å². The molecule has 0 bridgehead atoms. The topological polar surface area (TPSA) is 312 Å². The van der Waals surface area contributed by atoms with Crippen LogP contribution in [0, 0.1) is 0 Å². The van der Waals surface area contributed by atoms with Crippen molar-refractivity contribution in [2.45, 2.75) is 75.2 Å². The van der Waals surface area contributed by atoms with Crippen molar-refractivity contribution in [3.8, 4) is 23.0 Å². The highest BCUT2D eigenvalue weighted by Crippen LogP contribution is 2.46. The minimum absolute atomic E-state index is 0.0377. The second-order valence-electron chi connectivity index (χ2n) is 18.3. The van der Waals surface area contributed by atoms with Crippen molar-refractivity contribution in [2.75, 3.05) is 87.0 Å². The SMILES string of the molecule is C=C1C[C@@H]2C(O[SH](=O)=O)Nc3cc(OCCP(=O)(CCOc4cc5c(cc4OC)C(=O)N4CC(=C)C[C@H]4C(O[SH](=O)=O)N5)CNC(=O)CCC(C)(C)SSCCS(=O)(=O)CCC(N)=O)c(OC)cc3C(=O)N2C1. The zero-order chi connectivity index (χ0) is 53.4. The summed E-state index contributed by atoms with van der Waals surface area (Å²) in [5.41, 5.74) is 7.25. The highest BCUT2D eigenvalue weighted by molar-refractivity contribution is 8.77. The number of hydrogen-bond acceptors (Lipinski definition) is 21. The molecule has 2 saturated heterocycles. The fraction of sp³-hybridized carbons (Fsp3) is 0.545. The third-order valence-corrected chi connectivity index (χ3v) is 21.1. The second-order valence-corrected chi connectivity index (χ2v) is 28.4. The number of thiol groups is 2. The van der Waals surface area contributed by atoms with Crippen molar-refractivity contribution in [2.24, 2.45) is 5.73 Å². The number of hydrogen-bond donors (Lipinski definition) is 6. The van der Waals surface area contributed by atoms with Gasteiger partial charge in [0.05, 0.1) is 79.8 Å². The number of rotatable bonds is 27. The van der Waals surface area contributed by atoms with Crippen LogP contribution in [0.25, 0.3) is 0 Å². The molecule has 5 N–H and O–H groups in total. The third kappa shape index (κ3) is 15.4. The molecule has 29 heteroatoms. The first-order valence-electron chi connectivity index (χ1n) is 22.8. The zero-order valence-corrected chi connectivity index (χ0v) is 45.8. The van der Waals surface area contributed by atoms with Gasteiger partial charge in [-0.1, -0.05) is 45.9 Å². The van der Waals surface area contributed by atoms with E-state index in [1.165, 1.54) is 69.9 Å². The lowest BCUT2D eigenvalue weighted by Gasteiger charge is -2.26. The normalized spacial score (nSPS) is 20.5. The predicted molar refractivity (Wildman–Crippen MR) is 278 cm³/mol. The predicted octanol–water partition coefficient (Wildman–Crippen LogP) is 2.96. The van der Waals surface area contributed by atoms with Gasteiger partial charge < -0.3 is 55.0 Å². The minimum atomic E-state index is -3.48. The lowest BCUT2D eigenvalue weighted by Crippen LogP contribution is -2.44. The lowest BCUT2D eigenvalue weighted by molar-refractivity contribution is -0.121. The fourth-order valence-electron chi connectivity index (χ4n) is 8.50. The van der Waals surface area contributed by atoms with Crippen molar-refractivity contribution < 1.29 is 76.3 Å². The van der Waals surface area contributed by atoms with Crippen LogP contribution in [-0.2, 0) is 54.3 Å². The number of sulfone groups is 1. The average molecular weight is 1140 g/mol. The molecule has 4 aliphatic rings. The van der Waals surface area contributed by atoms with Gasteiger partial charge in [-0.25, -0.2) is 33.6 Å². The number of carbonyl (C=O) groups excluding carboxylic acids is 4. The highest BCUT2D eigenvalue weighted by atomic mass is 33.1. The second kappa shape index (κ2) is 24.8. The molecular formula is C44H61N6O17PS5. The van der Waals surface area contributed by atoms with Gasteiger partial charge in [0.1, 0.15) is 7.14 Å². The number of amides is 4. The summed E-state index contributed by atoms with van der Waals surface area (Å²) in [6.45, 7) is 11.7. The largest absolute Gasteiger partial charge is 0.493 e. The fourth-order valence-corrected chi connectivity index (χ4v) is 15.8. The number of primary amides is 1. The Bertz CT molecular complexity index is 2650. The summed E-state index contributed by atoms with van der Waals surface area (Å²) in [5.74, 6) is -1.60. The summed E-state index contributed by atoms with van der Waals surface area (Å²) < 4.78 is 120. The molecule has 0 spiro atoms. The number of nitrogens with one attached hydrogen (secondary N) is 3. The van der Waals surface area contributed by atoms with Crippen LogP contribution in [0.1, 0.15) is 66.7 Å². The van der Waals surface area contributed by atoms with E-state index in [1.54, 1.807) is 0 Å². The van der Waals surface area contributed by atoms with E-state index in [1.807, 2.05) is 13.8 Å². The Labute approximate surface area is 435 Å². The molecular weight excluding hydrogens is 1080 g/mol. The average Bonchev–Trinajstić information content (AvgIpc) is 3.87. The van der Waals surface area contributed by atoms with E-state index in [-0.39, 0.29) is 121 Å². The van der Waals surface area contributed by atoms with Crippen LogP contribution < -0.4 is 40.6 Å². The van der Waals surface area contributed by atoms with Crippen LogP contribution in [0.5, 0.6) is 23.0 Å².